The lowest BCUT2D eigenvalue weighted by Crippen LogP contribution is -2.45. The molecule has 0 spiro atoms. The lowest BCUT2D eigenvalue weighted by atomic mass is 10.00. The number of ether oxygens (including phenoxy) is 1. The van der Waals surface area contributed by atoms with Crippen molar-refractivity contribution in [1.82, 2.24) is 15.3 Å². The highest BCUT2D eigenvalue weighted by Gasteiger charge is 2.44. The van der Waals surface area contributed by atoms with Gasteiger partial charge in [-0.05, 0) is 6.42 Å². The van der Waals surface area contributed by atoms with Gasteiger partial charge in [0.05, 0.1) is 30.5 Å². The van der Waals surface area contributed by atoms with Gasteiger partial charge in [-0.3, -0.25) is 4.79 Å². The van der Waals surface area contributed by atoms with Crippen LogP contribution in [0.1, 0.15) is 6.42 Å². The predicted molar refractivity (Wildman–Crippen MR) is 65.0 cm³/mol. The monoisotopic (exact) mass is 266 g/mol. The fourth-order valence-corrected chi connectivity index (χ4v) is 2.75. The van der Waals surface area contributed by atoms with E-state index < -0.39 is 5.82 Å². The average Bonchev–Trinajstić information content (AvgIpc) is 2.73. The summed E-state index contributed by atoms with van der Waals surface area (Å²) >= 11 is 0. The third-order valence-corrected chi connectivity index (χ3v) is 3.63. The number of hydrogen-bond donors (Lipinski definition) is 1. The summed E-state index contributed by atoms with van der Waals surface area (Å²) in [6.45, 7) is 1.19. The van der Waals surface area contributed by atoms with Gasteiger partial charge >= 0.3 is 0 Å². The molecule has 0 aromatic carbocycles. The van der Waals surface area contributed by atoms with Crippen LogP contribution in [0.15, 0.2) is 12.4 Å². The smallest absolute Gasteiger partial charge is 0.225 e. The van der Waals surface area contributed by atoms with Crippen molar-refractivity contribution in [1.29, 1.82) is 0 Å². The van der Waals surface area contributed by atoms with Crippen molar-refractivity contribution in [3.8, 4) is 0 Å². The van der Waals surface area contributed by atoms with Crippen molar-refractivity contribution >= 4 is 11.9 Å². The number of halogens is 1. The molecule has 2 aliphatic rings. The van der Waals surface area contributed by atoms with Crippen LogP contribution in [0.3, 0.4) is 0 Å². The summed E-state index contributed by atoms with van der Waals surface area (Å²) in [7, 11) is 1.63. The first-order valence-corrected chi connectivity index (χ1v) is 6.27. The highest BCUT2D eigenvalue weighted by molar-refractivity contribution is 5.79. The highest BCUT2D eigenvalue weighted by atomic mass is 19.1. The number of carbonyl (C=O) groups is 1. The van der Waals surface area contributed by atoms with Crippen molar-refractivity contribution in [2.45, 2.75) is 18.6 Å². The number of nitrogens with zero attached hydrogens (tertiary/aromatic N) is 3. The molecular formula is C12H15FN4O2. The van der Waals surface area contributed by atoms with Crippen molar-refractivity contribution in [3.05, 3.63) is 18.2 Å². The van der Waals surface area contributed by atoms with Gasteiger partial charge in [0.15, 0.2) is 5.82 Å². The molecule has 1 aromatic rings. The third-order valence-electron chi connectivity index (χ3n) is 3.63. The molecule has 7 heteroatoms. The zero-order valence-corrected chi connectivity index (χ0v) is 10.5. The van der Waals surface area contributed by atoms with Crippen molar-refractivity contribution < 1.29 is 13.9 Å². The van der Waals surface area contributed by atoms with E-state index in [0.717, 1.165) is 12.4 Å². The van der Waals surface area contributed by atoms with Crippen LogP contribution in [-0.4, -0.2) is 48.2 Å². The first-order valence-electron chi connectivity index (χ1n) is 6.27. The number of carbonyl (C=O) groups excluding carboxylic acids is 1. The minimum atomic E-state index is -0.455. The second-order valence-electron chi connectivity index (χ2n) is 4.86. The van der Waals surface area contributed by atoms with Gasteiger partial charge in [-0.15, -0.1) is 0 Å². The Hall–Kier alpha value is -1.76. The summed E-state index contributed by atoms with van der Waals surface area (Å²) in [6, 6.07) is 0. The fraction of sp³-hybridized carbons (Fsp3) is 0.583. The van der Waals surface area contributed by atoms with Crippen LogP contribution in [0.4, 0.5) is 10.3 Å². The van der Waals surface area contributed by atoms with Gasteiger partial charge in [0, 0.05) is 20.1 Å². The minimum absolute atomic E-state index is 0.00868. The number of aromatic nitrogens is 2. The summed E-state index contributed by atoms with van der Waals surface area (Å²) < 4.78 is 18.6. The first kappa shape index (κ1) is 12.3. The van der Waals surface area contributed by atoms with Crippen molar-refractivity contribution in [2.24, 2.45) is 5.92 Å². The lowest BCUT2D eigenvalue weighted by Gasteiger charge is -2.32. The third kappa shape index (κ3) is 2.25. The van der Waals surface area contributed by atoms with Gasteiger partial charge in [-0.2, -0.15) is 0 Å². The summed E-state index contributed by atoms with van der Waals surface area (Å²) in [5.41, 5.74) is 0. The van der Waals surface area contributed by atoms with Gasteiger partial charge in [-0.1, -0.05) is 0 Å². The lowest BCUT2D eigenvalue weighted by molar-refractivity contribution is -0.126. The maximum Gasteiger partial charge on any atom is 0.225 e. The summed E-state index contributed by atoms with van der Waals surface area (Å²) in [5, 5.41) is 2.66. The molecular weight excluding hydrogens is 251 g/mol. The maximum atomic E-state index is 12.8. The molecule has 1 amide bonds. The molecule has 2 bridgehead atoms. The molecule has 3 heterocycles. The Balaban J connectivity index is 1.75. The molecule has 19 heavy (non-hydrogen) atoms. The van der Waals surface area contributed by atoms with Gasteiger partial charge in [0.25, 0.3) is 0 Å². The van der Waals surface area contributed by atoms with Gasteiger partial charge < -0.3 is 15.0 Å². The van der Waals surface area contributed by atoms with E-state index in [0.29, 0.717) is 25.5 Å². The van der Waals surface area contributed by atoms with E-state index in [1.165, 1.54) is 0 Å². The van der Waals surface area contributed by atoms with E-state index in [1.54, 1.807) is 7.05 Å². The van der Waals surface area contributed by atoms with Crippen LogP contribution in [0.2, 0.25) is 0 Å². The number of anilines is 1. The van der Waals surface area contributed by atoms with E-state index in [2.05, 4.69) is 15.3 Å². The normalized spacial score (nSPS) is 29.4. The summed E-state index contributed by atoms with van der Waals surface area (Å²) in [4.78, 5) is 21.6. The zero-order valence-electron chi connectivity index (χ0n) is 10.5. The van der Waals surface area contributed by atoms with Crippen molar-refractivity contribution in [3.63, 3.8) is 0 Å². The van der Waals surface area contributed by atoms with Crippen molar-refractivity contribution in [2.75, 3.05) is 25.0 Å². The number of nitrogens with one attached hydrogen (secondary N) is 1. The minimum Gasteiger partial charge on any atom is -0.370 e. The van der Waals surface area contributed by atoms with Crippen LogP contribution < -0.4 is 10.2 Å². The Morgan fingerprint density at radius 1 is 1.47 bits per heavy atom. The molecule has 3 atom stereocenters. The topological polar surface area (TPSA) is 67.4 Å². The molecule has 0 saturated carbocycles. The first-order chi connectivity index (χ1) is 9.17. The molecule has 2 aliphatic heterocycles. The van der Waals surface area contributed by atoms with Crippen LogP contribution >= 0.6 is 0 Å². The molecule has 2 saturated heterocycles. The number of rotatable bonds is 2. The highest BCUT2D eigenvalue weighted by Crippen LogP contribution is 2.33. The zero-order chi connectivity index (χ0) is 13.4. The van der Waals surface area contributed by atoms with Gasteiger partial charge in [0.1, 0.15) is 0 Å². The number of fused-ring (bicyclic) bond motifs is 2. The Labute approximate surface area is 110 Å². The van der Waals surface area contributed by atoms with Gasteiger partial charge in [-0.25, -0.2) is 14.4 Å². The van der Waals surface area contributed by atoms with E-state index >= 15 is 0 Å². The molecule has 1 aromatic heterocycles. The summed E-state index contributed by atoms with van der Waals surface area (Å²) in [6.07, 6.45) is 2.87. The van der Waals surface area contributed by atoms with Crippen LogP contribution in [0.25, 0.3) is 0 Å². The molecule has 0 radical (unpaired) electrons. The van der Waals surface area contributed by atoms with E-state index in [4.69, 9.17) is 4.74 Å². The van der Waals surface area contributed by atoms with Gasteiger partial charge in [0.2, 0.25) is 11.9 Å². The molecule has 2 fully saturated rings. The fourth-order valence-electron chi connectivity index (χ4n) is 2.75. The number of hydrogen-bond acceptors (Lipinski definition) is 5. The quantitative estimate of drug-likeness (QED) is 0.813. The summed E-state index contributed by atoms with van der Waals surface area (Å²) in [5.74, 6) is -0.0877. The predicted octanol–water partition coefficient (Wildman–Crippen LogP) is -0.0446. The Morgan fingerprint density at radius 3 is 2.89 bits per heavy atom. The average molecular weight is 266 g/mol. The van der Waals surface area contributed by atoms with Crippen LogP contribution in [-0.2, 0) is 9.53 Å². The van der Waals surface area contributed by atoms with Crippen LogP contribution in [0, 0.1) is 11.7 Å². The molecule has 3 rings (SSSR count). The largest absolute Gasteiger partial charge is 0.370 e. The number of morpholine rings is 1. The molecule has 0 aliphatic carbocycles. The van der Waals surface area contributed by atoms with E-state index in [9.17, 15) is 9.18 Å². The standard InChI is InChI=1S/C12H15FN4O2/c1-14-11(18)9-2-8-5-17(6-10(9)19-8)12-15-3-7(13)4-16-12/h3-4,8-10H,2,5-6H2,1H3,(H,14,18)/t8-,9+,10-/m0/s1. The molecule has 6 nitrogen and oxygen atoms in total. The second-order valence-corrected chi connectivity index (χ2v) is 4.86. The van der Waals surface area contributed by atoms with E-state index in [-0.39, 0.29) is 24.0 Å². The Morgan fingerprint density at radius 2 is 2.21 bits per heavy atom. The SMILES string of the molecule is CNC(=O)[C@@H]1C[C@H]2CN(c3ncc(F)cn3)C[C@@H]1O2. The molecule has 102 valence electrons. The molecule has 1 N–H and O–H groups in total. The molecule has 0 unspecified atom stereocenters. The van der Waals surface area contributed by atoms with E-state index in [1.807, 2.05) is 4.90 Å². The second kappa shape index (κ2) is 4.73. The number of amides is 1. The Bertz CT molecular complexity index is 481. The Kier molecular flexibility index (Phi) is 3.06. The van der Waals surface area contributed by atoms with Crippen LogP contribution in [0.5, 0.6) is 0 Å². The maximum absolute atomic E-state index is 12.8.